The van der Waals surface area contributed by atoms with Crippen molar-refractivity contribution in [2.24, 2.45) is 5.92 Å². The Morgan fingerprint density at radius 3 is 2.62 bits per heavy atom. The number of methoxy groups -OCH3 is 1. The molecule has 0 spiro atoms. The highest BCUT2D eigenvalue weighted by Gasteiger charge is 2.31. The van der Waals surface area contributed by atoms with Crippen LogP contribution in [0.5, 0.6) is 5.75 Å². The van der Waals surface area contributed by atoms with E-state index in [2.05, 4.69) is 30.7 Å². The van der Waals surface area contributed by atoms with Crippen LogP contribution in [0.2, 0.25) is 0 Å². The third-order valence-corrected chi connectivity index (χ3v) is 8.59. The minimum Gasteiger partial charge on any atom is -0.494 e. The van der Waals surface area contributed by atoms with Crippen molar-refractivity contribution in [3.63, 3.8) is 0 Å². The average molecular weight is 602 g/mol. The second-order valence-corrected chi connectivity index (χ2v) is 12.2. The number of sulfonamides is 1. The Morgan fingerprint density at radius 2 is 1.95 bits per heavy atom. The van der Waals surface area contributed by atoms with Crippen LogP contribution in [0.1, 0.15) is 46.1 Å². The molecule has 2 aliphatic rings. The first-order chi connectivity index (χ1) is 21.2. The average Bonchev–Trinajstić information content (AvgIpc) is 3.72. The summed E-state index contributed by atoms with van der Waals surface area (Å²) in [5.41, 5.74) is 0.919. The van der Waals surface area contributed by atoms with Crippen LogP contribution in [0, 0.1) is 5.92 Å². The molecule has 1 aromatic carbocycles. The Hall–Kier alpha value is -4.08. The lowest BCUT2D eigenvalue weighted by molar-refractivity contribution is -0.117. The number of rotatable bonds is 10. The van der Waals surface area contributed by atoms with Crippen molar-refractivity contribution in [2.75, 3.05) is 57.2 Å². The van der Waals surface area contributed by atoms with Crippen LogP contribution in [0.4, 0.5) is 17.2 Å². The van der Waals surface area contributed by atoms with E-state index in [1.807, 2.05) is 12.2 Å². The van der Waals surface area contributed by atoms with Gasteiger partial charge in [0.25, 0.3) is 11.8 Å². The van der Waals surface area contributed by atoms with Crippen molar-refractivity contribution >= 4 is 39.0 Å². The van der Waals surface area contributed by atoms with Crippen molar-refractivity contribution in [3.8, 4) is 17.2 Å². The molecule has 2 fully saturated rings. The first-order valence-corrected chi connectivity index (χ1v) is 15.2. The van der Waals surface area contributed by atoms with E-state index in [0.717, 1.165) is 12.8 Å². The summed E-state index contributed by atoms with van der Waals surface area (Å²) in [6, 6.07) is 6.29. The number of benzene rings is 1. The van der Waals surface area contributed by atoms with E-state index in [9.17, 15) is 18.0 Å². The number of piperazine rings is 1. The number of nitrogens with one attached hydrogen (secondary N) is 3. The quantitative estimate of drug-likeness (QED) is 0.311. The predicted octanol–water partition coefficient (Wildman–Crippen LogP) is 2.23. The highest BCUT2D eigenvalue weighted by molar-refractivity contribution is 7.88. The van der Waals surface area contributed by atoms with Gasteiger partial charge in [-0.05, 0) is 31.9 Å². The monoisotopic (exact) mass is 601 g/mol. The number of carbonyl (C=O) groups is 2. The van der Waals surface area contributed by atoms with Gasteiger partial charge in [0, 0.05) is 55.4 Å². The molecule has 5 rings (SSSR count). The summed E-state index contributed by atoms with van der Waals surface area (Å²) in [7, 11) is -1.82. The second kappa shape index (κ2) is 12.0. The lowest BCUT2D eigenvalue weighted by Crippen LogP contribution is -2.49. The predicted molar refractivity (Wildman–Crippen MR) is 155 cm³/mol. The summed E-state index contributed by atoms with van der Waals surface area (Å²) in [5.74, 6) is -0.115. The molecule has 1 unspecified atom stereocenters. The van der Waals surface area contributed by atoms with Gasteiger partial charge in [-0.25, -0.2) is 13.4 Å². The van der Waals surface area contributed by atoms with Gasteiger partial charge in [-0.3, -0.25) is 14.5 Å². The van der Waals surface area contributed by atoms with E-state index in [0.29, 0.717) is 49.0 Å². The molecule has 1 saturated carbocycles. The first kappa shape index (κ1) is 25.6. The van der Waals surface area contributed by atoms with Crippen LogP contribution in [0.3, 0.4) is 0 Å². The number of hydrogen-bond acceptors (Lipinski definition) is 11. The van der Waals surface area contributed by atoms with Gasteiger partial charge in [0.2, 0.25) is 15.9 Å². The van der Waals surface area contributed by atoms with Crippen molar-refractivity contribution < 1.29 is 31.4 Å². The Labute approximate surface area is 248 Å². The van der Waals surface area contributed by atoms with Gasteiger partial charge in [-0.15, -0.1) is 0 Å². The molecule has 1 atom stereocenters. The summed E-state index contributed by atoms with van der Waals surface area (Å²) < 4.78 is 58.8. The first-order valence-electron chi connectivity index (χ1n) is 14.8. The van der Waals surface area contributed by atoms with Gasteiger partial charge < -0.3 is 25.2 Å². The third-order valence-electron chi connectivity index (χ3n) is 7.29. The molecule has 224 valence electrons. The van der Waals surface area contributed by atoms with Gasteiger partial charge in [0.05, 0.1) is 41.9 Å². The number of anilines is 3. The molecule has 0 bridgehead atoms. The van der Waals surface area contributed by atoms with E-state index in [4.69, 9.17) is 13.4 Å². The molecule has 1 aliphatic heterocycles. The lowest BCUT2D eigenvalue weighted by Gasteiger charge is -2.35. The van der Waals surface area contributed by atoms with Crippen molar-refractivity contribution in [2.45, 2.75) is 25.8 Å². The standard InChI is InChI=1S/C27H34N8O6S/c1-16(34-10-12-35(13-11-34)42(4,38)39)24-32-27(41-33-24)18-6-5-7-20(23(18)40-3)30-21-14-22(31-25(36)17-8-9-17)29-15-19(21)26(37)28-2/h5-7,14-17H,8-13H2,1-4H3,(H,28,37)(H2,29,30,31,36)/i2D3. The molecule has 0 radical (unpaired) electrons. The van der Waals surface area contributed by atoms with Crippen molar-refractivity contribution in [1.29, 1.82) is 0 Å². The fourth-order valence-corrected chi connectivity index (χ4v) is 5.54. The second-order valence-electron chi connectivity index (χ2n) is 10.2. The molecule has 1 aliphatic carbocycles. The largest absolute Gasteiger partial charge is 0.494 e. The van der Waals surface area contributed by atoms with Gasteiger partial charge in [0.15, 0.2) is 11.6 Å². The normalized spacial score (nSPS) is 18.3. The maximum atomic E-state index is 12.9. The number of carbonyl (C=O) groups excluding carboxylic acids is 2. The van der Waals surface area contributed by atoms with E-state index >= 15 is 0 Å². The number of pyridine rings is 1. The van der Waals surface area contributed by atoms with Crippen molar-refractivity contribution in [1.82, 2.24) is 29.6 Å². The zero-order valence-corrected chi connectivity index (χ0v) is 24.2. The van der Waals surface area contributed by atoms with Gasteiger partial charge >= 0.3 is 0 Å². The minimum atomic E-state index is -3.26. The molecule has 3 aromatic rings. The van der Waals surface area contributed by atoms with Crippen LogP contribution in [0.15, 0.2) is 35.0 Å². The number of aromatic nitrogens is 3. The van der Waals surface area contributed by atoms with E-state index < -0.39 is 22.9 Å². The van der Waals surface area contributed by atoms with E-state index in [1.165, 1.54) is 29.9 Å². The maximum absolute atomic E-state index is 12.9. The number of amides is 2. The fourth-order valence-electron chi connectivity index (χ4n) is 4.72. The SMILES string of the molecule is [2H]C([2H])([2H])NC(=O)c1cnc(NC(=O)C2CC2)cc1Nc1cccc(-c2nc(C(C)N3CCN(S(C)(=O)=O)CC3)no2)c1OC. The molecular formula is C27H34N8O6S. The van der Waals surface area contributed by atoms with Gasteiger partial charge in [-0.2, -0.15) is 9.29 Å². The van der Waals surface area contributed by atoms with E-state index in [-0.39, 0.29) is 40.8 Å². The summed E-state index contributed by atoms with van der Waals surface area (Å²) in [4.78, 5) is 36.1. The summed E-state index contributed by atoms with van der Waals surface area (Å²) in [6.45, 7) is 0.917. The minimum absolute atomic E-state index is 0.0760. The number of nitrogens with zero attached hydrogens (tertiary/aromatic N) is 5. The Balaban J connectivity index is 1.41. The van der Waals surface area contributed by atoms with E-state index in [1.54, 1.807) is 18.2 Å². The Kier molecular flexibility index (Phi) is 7.34. The Bertz CT molecular complexity index is 1690. The summed E-state index contributed by atoms with van der Waals surface area (Å²) >= 11 is 0. The summed E-state index contributed by atoms with van der Waals surface area (Å²) in [5, 5.41) is 12.0. The highest BCUT2D eigenvalue weighted by Crippen LogP contribution is 2.39. The molecule has 2 aromatic heterocycles. The van der Waals surface area contributed by atoms with Gasteiger partial charge in [0.1, 0.15) is 5.82 Å². The fraction of sp³-hybridized carbons (Fsp3) is 0.444. The lowest BCUT2D eigenvalue weighted by atomic mass is 10.1. The molecule has 3 N–H and O–H groups in total. The van der Waals surface area contributed by atoms with Crippen LogP contribution in [-0.4, -0.2) is 91.1 Å². The smallest absolute Gasteiger partial charge is 0.261 e. The van der Waals surface area contributed by atoms with Crippen molar-refractivity contribution in [3.05, 3.63) is 41.9 Å². The highest BCUT2D eigenvalue weighted by atomic mass is 32.2. The molecule has 15 heteroatoms. The molecule has 14 nitrogen and oxygen atoms in total. The topological polar surface area (TPSA) is 172 Å². The van der Waals surface area contributed by atoms with Crippen LogP contribution < -0.4 is 20.7 Å². The molecule has 2 amide bonds. The third kappa shape index (κ3) is 6.37. The zero-order valence-electron chi connectivity index (χ0n) is 26.4. The molecular weight excluding hydrogens is 564 g/mol. The van der Waals surface area contributed by atoms with Gasteiger partial charge in [-0.1, -0.05) is 11.2 Å². The number of ether oxygens (including phenoxy) is 1. The molecule has 1 saturated heterocycles. The van der Waals surface area contributed by atoms with Crippen LogP contribution in [-0.2, 0) is 14.8 Å². The summed E-state index contributed by atoms with van der Waals surface area (Å²) in [6.07, 6.45) is 3.96. The molecule has 42 heavy (non-hydrogen) atoms. The number of para-hydroxylation sites is 1. The Morgan fingerprint density at radius 1 is 1.19 bits per heavy atom. The maximum Gasteiger partial charge on any atom is 0.261 e. The molecule has 3 heterocycles. The van der Waals surface area contributed by atoms with Crippen LogP contribution >= 0.6 is 0 Å². The number of hydrogen-bond donors (Lipinski definition) is 3. The van der Waals surface area contributed by atoms with Crippen LogP contribution in [0.25, 0.3) is 11.5 Å². The zero-order chi connectivity index (χ0) is 32.5.